The predicted octanol–water partition coefficient (Wildman–Crippen LogP) is 2.17. The van der Waals surface area contributed by atoms with E-state index in [0.717, 1.165) is 12.8 Å². The van der Waals surface area contributed by atoms with Gasteiger partial charge in [0.15, 0.2) is 5.78 Å². The van der Waals surface area contributed by atoms with Crippen LogP contribution < -0.4 is 5.32 Å². The van der Waals surface area contributed by atoms with Gasteiger partial charge in [0, 0.05) is 0 Å². The van der Waals surface area contributed by atoms with Crippen LogP contribution in [0.2, 0.25) is 0 Å². The number of ketones is 1. The Hall–Kier alpha value is -0.690. The molecule has 3 unspecified atom stereocenters. The summed E-state index contributed by atoms with van der Waals surface area (Å²) in [7, 11) is 2.42. The van der Waals surface area contributed by atoms with Gasteiger partial charge in [0.25, 0.3) is 0 Å². The molecule has 0 spiro atoms. The van der Waals surface area contributed by atoms with Crippen LogP contribution in [-0.4, -0.2) is 24.4 Å². The number of hydrogen-bond donors (Lipinski definition) is 1. The molecular formula is C12H24NO2P. The molecule has 94 valence electrons. The van der Waals surface area contributed by atoms with E-state index in [9.17, 15) is 9.59 Å². The summed E-state index contributed by atoms with van der Waals surface area (Å²) in [6, 6.07) is 0. The molecule has 0 radical (unpaired) electrons. The Morgan fingerprint density at radius 3 is 2.38 bits per heavy atom. The van der Waals surface area contributed by atoms with Crippen molar-refractivity contribution in [2.45, 2.75) is 39.2 Å². The van der Waals surface area contributed by atoms with Crippen molar-refractivity contribution in [3.63, 3.8) is 0 Å². The van der Waals surface area contributed by atoms with Gasteiger partial charge in [-0.2, -0.15) is 0 Å². The lowest BCUT2D eigenvalue weighted by molar-refractivity contribution is -0.123. The van der Waals surface area contributed by atoms with Crippen molar-refractivity contribution in [3.05, 3.63) is 12.7 Å². The van der Waals surface area contributed by atoms with E-state index in [1.165, 1.54) is 6.92 Å². The Balaban J connectivity index is 0. The van der Waals surface area contributed by atoms with Crippen LogP contribution in [0.4, 0.5) is 0 Å². The van der Waals surface area contributed by atoms with E-state index in [1.807, 2.05) is 20.5 Å². The number of rotatable bonds is 5. The number of amides is 1. The van der Waals surface area contributed by atoms with Crippen molar-refractivity contribution in [3.8, 4) is 0 Å². The largest absolute Gasteiger partial charge is 0.346 e. The zero-order valence-electron chi connectivity index (χ0n) is 10.7. The van der Waals surface area contributed by atoms with Crippen LogP contribution >= 0.6 is 9.24 Å². The van der Waals surface area contributed by atoms with E-state index in [0.29, 0.717) is 6.41 Å². The second-order valence-electron chi connectivity index (χ2n) is 3.22. The summed E-state index contributed by atoms with van der Waals surface area (Å²) in [6.45, 7) is 11.0. The fraction of sp³-hybridized carbons (Fsp3) is 0.667. The second-order valence-corrected chi connectivity index (χ2v) is 3.22. The first-order valence-electron chi connectivity index (χ1n) is 5.58. The lowest BCUT2D eigenvalue weighted by Crippen LogP contribution is -2.39. The first-order valence-corrected chi connectivity index (χ1v) is 6.74. The molecule has 1 aliphatic carbocycles. The quantitative estimate of drug-likeness (QED) is 0.458. The van der Waals surface area contributed by atoms with Gasteiger partial charge in [-0.25, -0.2) is 0 Å². The number of allylic oxidation sites excluding steroid dienone is 1. The van der Waals surface area contributed by atoms with E-state index < -0.39 is 5.54 Å². The molecule has 0 bridgehead atoms. The predicted molar refractivity (Wildman–Crippen MR) is 72.5 cm³/mol. The van der Waals surface area contributed by atoms with Crippen molar-refractivity contribution in [2.75, 3.05) is 6.66 Å². The minimum Gasteiger partial charge on any atom is -0.346 e. The van der Waals surface area contributed by atoms with Crippen LogP contribution in [0, 0.1) is 5.92 Å². The minimum absolute atomic E-state index is 0.0430. The Morgan fingerprint density at radius 2 is 2.06 bits per heavy atom. The highest BCUT2D eigenvalue weighted by atomic mass is 31.0. The molecule has 0 aromatic rings. The lowest BCUT2D eigenvalue weighted by atomic mass is 10.1. The number of nitrogens with one attached hydrogen (secondary N) is 1. The van der Waals surface area contributed by atoms with Crippen LogP contribution in [0.5, 0.6) is 0 Å². The molecule has 0 aromatic carbocycles. The van der Waals surface area contributed by atoms with Crippen molar-refractivity contribution < 1.29 is 9.59 Å². The molecule has 1 saturated carbocycles. The van der Waals surface area contributed by atoms with Crippen LogP contribution in [0.1, 0.15) is 33.6 Å². The average molecular weight is 245 g/mol. The molecule has 1 N–H and O–H groups in total. The maximum Gasteiger partial charge on any atom is 0.207 e. The van der Waals surface area contributed by atoms with Gasteiger partial charge in [-0.15, -0.1) is 15.8 Å². The maximum atomic E-state index is 11.1. The molecule has 0 aromatic heterocycles. The fourth-order valence-electron chi connectivity index (χ4n) is 1.63. The van der Waals surface area contributed by atoms with Gasteiger partial charge >= 0.3 is 0 Å². The molecule has 3 atom stereocenters. The lowest BCUT2D eigenvalue weighted by Gasteiger charge is -2.11. The van der Waals surface area contributed by atoms with Crippen LogP contribution in [0.15, 0.2) is 12.7 Å². The van der Waals surface area contributed by atoms with Crippen LogP contribution in [0.25, 0.3) is 0 Å². The number of carbonyl (C=O) groups excluding carboxylic acids is 2. The van der Waals surface area contributed by atoms with E-state index in [1.54, 1.807) is 6.08 Å². The topological polar surface area (TPSA) is 46.2 Å². The molecule has 0 saturated heterocycles. The summed E-state index contributed by atoms with van der Waals surface area (Å²) >= 11 is 0. The van der Waals surface area contributed by atoms with Gasteiger partial charge in [-0.1, -0.05) is 26.6 Å². The zero-order chi connectivity index (χ0) is 13.2. The summed E-state index contributed by atoms with van der Waals surface area (Å²) in [5.74, 6) is 0.305. The van der Waals surface area contributed by atoms with Gasteiger partial charge in [-0.05, 0) is 25.7 Å². The SMILES string of the molecule is C=CCC1CC1(NC=O)C(C)=O.CC.CP. The summed E-state index contributed by atoms with van der Waals surface area (Å²) < 4.78 is 0. The highest BCUT2D eigenvalue weighted by Crippen LogP contribution is 2.46. The monoisotopic (exact) mass is 245 g/mol. The molecule has 16 heavy (non-hydrogen) atoms. The highest BCUT2D eigenvalue weighted by molar-refractivity contribution is 7.15. The Morgan fingerprint density at radius 1 is 1.56 bits per heavy atom. The van der Waals surface area contributed by atoms with Gasteiger partial charge < -0.3 is 5.32 Å². The third kappa shape index (κ3) is 4.44. The number of hydrogen-bond acceptors (Lipinski definition) is 2. The molecule has 0 aliphatic heterocycles. The average Bonchev–Trinajstić information content (AvgIpc) is 3.00. The van der Waals surface area contributed by atoms with E-state index >= 15 is 0 Å². The van der Waals surface area contributed by atoms with Crippen molar-refractivity contribution in [1.29, 1.82) is 0 Å². The normalized spacial score (nSPS) is 24.9. The minimum atomic E-state index is -0.560. The van der Waals surface area contributed by atoms with Crippen LogP contribution in [0.3, 0.4) is 0 Å². The summed E-state index contributed by atoms with van der Waals surface area (Å²) in [6.07, 6.45) is 3.93. The molecular weight excluding hydrogens is 221 g/mol. The van der Waals surface area contributed by atoms with Crippen LogP contribution in [-0.2, 0) is 9.59 Å². The standard InChI is InChI=1S/C9H13NO2.C2H6.CH5P/c1-3-4-8-5-9(8,7(2)12)10-6-11;2*1-2/h3,6,8H,1,4-5H2,2H3,(H,10,11);1-2H3;2H2,1H3. The Kier molecular flexibility index (Phi) is 10.5. The van der Waals surface area contributed by atoms with Crippen molar-refractivity contribution >= 4 is 21.4 Å². The van der Waals surface area contributed by atoms with E-state index in [4.69, 9.17) is 0 Å². The molecule has 1 aliphatic rings. The first-order chi connectivity index (χ1) is 7.67. The van der Waals surface area contributed by atoms with Crippen molar-refractivity contribution in [2.24, 2.45) is 5.92 Å². The number of carbonyl (C=O) groups is 2. The second kappa shape index (κ2) is 9.53. The fourth-order valence-corrected chi connectivity index (χ4v) is 1.63. The van der Waals surface area contributed by atoms with E-state index in [-0.39, 0.29) is 11.7 Å². The molecule has 1 amide bonds. The van der Waals surface area contributed by atoms with Gasteiger partial charge in [-0.3, -0.25) is 9.59 Å². The molecule has 1 fully saturated rings. The maximum absolute atomic E-state index is 11.1. The first kappa shape index (κ1) is 17.7. The van der Waals surface area contributed by atoms with E-state index in [2.05, 4.69) is 21.1 Å². The summed E-state index contributed by atoms with van der Waals surface area (Å²) in [5, 5.41) is 2.59. The smallest absolute Gasteiger partial charge is 0.207 e. The Labute approximate surface area is 101 Å². The summed E-state index contributed by atoms with van der Waals surface area (Å²) in [5.41, 5.74) is -0.560. The summed E-state index contributed by atoms with van der Waals surface area (Å²) in [4.78, 5) is 21.4. The number of Topliss-reactive ketones (excluding diaryl/α,β-unsaturated/α-hetero) is 1. The van der Waals surface area contributed by atoms with Crippen molar-refractivity contribution in [1.82, 2.24) is 5.32 Å². The van der Waals surface area contributed by atoms with Gasteiger partial charge in [0.2, 0.25) is 6.41 Å². The van der Waals surface area contributed by atoms with Gasteiger partial charge in [0.1, 0.15) is 5.54 Å². The molecule has 1 rings (SSSR count). The third-order valence-corrected chi connectivity index (χ3v) is 2.50. The van der Waals surface area contributed by atoms with Gasteiger partial charge in [0.05, 0.1) is 0 Å². The zero-order valence-corrected chi connectivity index (χ0v) is 11.9. The third-order valence-electron chi connectivity index (χ3n) is 2.50. The Bertz CT molecular complexity index is 231. The molecule has 0 heterocycles. The molecule has 3 nitrogen and oxygen atoms in total. The highest BCUT2D eigenvalue weighted by Gasteiger charge is 2.56. The molecule has 4 heteroatoms.